The highest BCUT2D eigenvalue weighted by Crippen LogP contribution is 2.31. The van der Waals surface area contributed by atoms with E-state index in [0.29, 0.717) is 10.8 Å². The molecule has 2 amide bonds. The highest BCUT2D eigenvalue weighted by molar-refractivity contribution is 7.14. The molecule has 1 aliphatic carbocycles. The van der Waals surface area contributed by atoms with Gasteiger partial charge in [0.15, 0.2) is 0 Å². The van der Waals surface area contributed by atoms with Crippen LogP contribution in [0.5, 0.6) is 0 Å². The summed E-state index contributed by atoms with van der Waals surface area (Å²) in [6, 6.07) is 1.95. The third kappa shape index (κ3) is 4.29. The molecule has 1 atom stereocenters. The van der Waals surface area contributed by atoms with Crippen molar-refractivity contribution in [2.24, 2.45) is 5.92 Å². The maximum atomic E-state index is 12.0. The fraction of sp³-hybridized carbons (Fsp3) is 0.375. The Morgan fingerprint density at radius 1 is 1.33 bits per heavy atom. The molecule has 1 aromatic rings. The molecule has 0 aromatic carbocycles. The summed E-state index contributed by atoms with van der Waals surface area (Å²) in [6.45, 7) is 4.10. The van der Waals surface area contributed by atoms with Gasteiger partial charge >= 0.3 is 0 Å². The first kappa shape index (κ1) is 15.5. The van der Waals surface area contributed by atoms with Crippen molar-refractivity contribution in [2.75, 3.05) is 0 Å². The molecule has 0 spiro atoms. The summed E-state index contributed by atoms with van der Waals surface area (Å²) in [5.74, 6) is 0.0747. The number of amides is 2. The maximum absolute atomic E-state index is 12.0. The van der Waals surface area contributed by atoms with E-state index in [1.54, 1.807) is 12.2 Å². The number of hydrogen-bond acceptors (Lipinski definition) is 3. The second-order valence-electron chi connectivity index (χ2n) is 5.24. The van der Waals surface area contributed by atoms with Crippen LogP contribution in [-0.4, -0.2) is 11.8 Å². The number of rotatable bonds is 3. The van der Waals surface area contributed by atoms with Crippen LogP contribution in [0.15, 0.2) is 30.4 Å². The minimum atomic E-state index is -0.351. The molecule has 0 unspecified atom stereocenters. The van der Waals surface area contributed by atoms with Gasteiger partial charge in [-0.1, -0.05) is 25.2 Å². The third-order valence-corrected chi connectivity index (χ3v) is 4.64. The SMILES string of the molecule is C/C=C/C=C/C(=O)NNC(=O)c1cc2c(s1)CC[C@H](C)C2. The maximum Gasteiger partial charge on any atom is 0.279 e. The van der Waals surface area contributed by atoms with Gasteiger partial charge in [0.1, 0.15) is 0 Å². The molecule has 1 aromatic heterocycles. The van der Waals surface area contributed by atoms with Crippen molar-refractivity contribution in [2.45, 2.75) is 33.1 Å². The van der Waals surface area contributed by atoms with Crippen molar-refractivity contribution in [1.82, 2.24) is 10.9 Å². The first-order chi connectivity index (χ1) is 10.1. The number of nitrogens with one attached hydrogen (secondary N) is 2. The number of fused-ring (bicyclic) bond motifs is 1. The molecular weight excluding hydrogens is 284 g/mol. The van der Waals surface area contributed by atoms with E-state index < -0.39 is 0 Å². The van der Waals surface area contributed by atoms with Gasteiger partial charge in [-0.3, -0.25) is 20.4 Å². The Kier molecular flexibility index (Phi) is 5.33. The number of hydrogen-bond donors (Lipinski definition) is 2. The van der Waals surface area contributed by atoms with Crippen LogP contribution in [0.4, 0.5) is 0 Å². The van der Waals surface area contributed by atoms with Crippen molar-refractivity contribution in [1.29, 1.82) is 0 Å². The van der Waals surface area contributed by atoms with Gasteiger partial charge in [0.25, 0.3) is 11.8 Å². The van der Waals surface area contributed by atoms with Crippen LogP contribution >= 0.6 is 11.3 Å². The fourth-order valence-electron chi connectivity index (χ4n) is 2.29. The predicted molar refractivity (Wildman–Crippen MR) is 85.1 cm³/mol. The normalized spacial score (nSPS) is 17.9. The van der Waals surface area contributed by atoms with Gasteiger partial charge in [-0.15, -0.1) is 11.3 Å². The predicted octanol–water partition coefficient (Wildman–Crippen LogP) is 2.77. The zero-order valence-corrected chi connectivity index (χ0v) is 13.1. The molecule has 0 radical (unpaired) electrons. The molecule has 112 valence electrons. The molecule has 0 bridgehead atoms. The van der Waals surface area contributed by atoms with E-state index in [0.717, 1.165) is 12.8 Å². The third-order valence-electron chi connectivity index (χ3n) is 3.40. The van der Waals surface area contributed by atoms with Crippen LogP contribution in [-0.2, 0) is 17.6 Å². The first-order valence-electron chi connectivity index (χ1n) is 7.11. The van der Waals surface area contributed by atoms with Gasteiger partial charge in [-0.25, -0.2) is 0 Å². The van der Waals surface area contributed by atoms with Crippen molar-refractivity contribution in [3.05, 3.63) is 45.7 Å². The Bertz CT molecular complexity index is 587. The molecule has 0 aliphatic heterocycles. The quantitative estimate of drug-likeness (QED) is 0.512. The Hall–Kier alpha value is -1.88. The van der Waals surface area contributed by atoms with E-state index in [1.807, 2.05) is 19.1 Å². The van der Waals surface area contributed by atoms with Crippen LogP contribution in [0.25, 0.3) is 0 Å². The van der Waals surface area contributed by atoms with Crippen molar-refractivity contribution in [3.63, 3.8) is 0 Å². The lowest BCUT2D eigenvalue weighted by molar-refractivity contribution is -0.117. The van der Waals surface area contributed by atoms with Gasteiger partial charge < -0.3 is 0 Å². The van der Waals surface area contributed by atoms with Crippen LogP contribution < -0.4 is 10.9 Å². The minimum Gasteiger partial charge on any atom is -0.268 e. The zero-order valence-electron chi connectivity index (χ0n) is 12.3. The monoisotopic (exact) mass is 304 g/mol. The van der Waals surface area contributed by atoms with E-state index in [-0.39, 0.29) is 11.8 Å². The number of allylic oxidation sites excluding steroid dienone is 3. The molecular formula is C16H20N2O2S. The Morgan fingerprint density at radius 3 is 2.90 bits per heavy atom. The highest BCUT2D eigenvalue weighted by Gasteiger charge is 2.20. The summed E-state index contributed by atoms with van der Waals surface area (Å²) in [5, 5.41) is 0. The van der Waals surface area contributed by atoms with Crippen molar-refractivity contribution >= 4 is 23.2 Å². The first-order valence-corrected chi connectivity index (χ1v) is 7.93. The van der Waals surface area contributed by atoms with Gasteiger partial charge in [0.2, 0.25) is 0 Å². The van der Waals surface area contributed by atoms with Crippen molar-refractivity contribution < 1.29 is 9.59 Å². The molecule has 5 heteroatoms. The molecule has 1 aliphatic rings. The summed E-state index contributed by atoms with van der Waals surface area (Å²) in [6.07, 6.45) is 9.81. The van der Waals surface area contributed by atoms with Crippen LogP contribution in [0, 0.1) is 5.92 Å². The summed E-state index contributed by atoms with van der Waals surface area (Å²) in [4.78, 5) is 25.4. The summed E-state index contributed by atoms with van der Waals surface area (Å²) >= 11 is 1.53. The molecule has 2 rings (SSSR count). The Morgan fingerprint density at radius 2 is 2.14 bits per heavy atom. The van der Waals surface area contributed by atoms with E-state index in [9.17, 15) is 9.59 Å². The zero-order chi connectivity index (χ0) is 15.2. The number of carbonyl (C=O) groups excluding carboxylic acids is 2. The second kappa shape index (κ2) is 7.22. The average molecular weight is 304 g/mol. The van der Waals surface area contributed by atoms with Gasteiger partial charge in [0, 0.05) is 11.0 Å². The number of aryl methyl sites for hydroxylation is 1. The number of hydrazine groups is 1. The highest BCUT2D eigenvalue weighted by atomic mass is 32.1. The lowest BCUT2D eigenvalue weighted by atomic mass is 9.90. The van der Waals surface area contributed by atoms with Crippen LogP contribution in [0.3, 0.4) is 0 Å². The smallest absolute Gasteiger partial charge is 0.268 e. The van der Waals surface area contributed by atoms with E-state index in [1.165, 1.54) is 34.3 Å². The Labute approximate surface area is 128 Å². The molecule has 0 saturated carbocycles. The number of carbonyl (C=O) groups is 2. The molecule has 0 fully saturated rings. The fourth-order valence-corrected chi connectivity index (χ4v) is 3.40. The molecule has 2 N–H and O–H groups in total. The van der Waals surface area contributed by atoms with Gasteiger partial charge in [0.05, 0.1) is 4.88 Å². The molecule has 0 saturated heterocycles. The minimum absolute atomic E-state index is 0.255. The standard InChI is InChI=1S/C16H20N2O2S/c1-3-4-5-6-15(19)17-18-16(20)14-10-12-9-11(2)7-8-13(12)21-14/h3-6,10-11H,7-9H2,1-2H3,(H,17,19)(H,18,20)/b4-3+,6-5+/t11-/m0/s1. The summed E-state index contributed by atoms with van der Waals surface area (Å²) in [5.41, 5.74) is 6.10. The summed E-state index contributed by atoms with van der Waals surface area (Å²) in [7, 11) is 0. The van der Waals surface area contributed by atoms with Gasteiger partial charge in [-0.2, -0.15) is 0 Å². The lowest BCUT2D eigenvalue weighted by Crippen LogP contribution is -2.40. The Balaban J connectivity index is 1.91. The largest absolute Gasteiger partial charge is 0.279 e. The average Bonchev–Trinajstić information content (AvgIpc) is 2.88. The molecule has 4 nitrogen and oxygen atoms in total. The van der Waals surface area contributed by atoms with Crippen LogP contribution in [0.1, 0.15) is 40.4 Å². The second-order valence-corrected chi connectivity index (χ2v) is 6.37. The van der Waals surface area contributed by atoms with Crippen LogP contribution in [0.2, 0.25) is 0 Å². The topological polar surface area (TPSA) is 58.2 Å². The van der Waals surface area contributed by atoms with Crippen molar-refractivity contribution in [3.8, 4) is 0 Å². The summed E-state index contributed by atoms with van der Waals surface area (Å²) < 4.78 is 0. The molecule has 1 heterocycles. The van der Waals surface area contributed by atoms with E-state index in [4.69, 9.17) is 0 Å². The molecule has 21 heavy (non-hydrogen) atoms. The van der Waals surface area contributed by atoms with Gasteiger partial charge in [-0.05, 0) is 43.7 Å². The lowest BCUT2D eigenvalue weighted by Gasteiger charge is -2.16. The van der Waals surface area contributed by atoms with E-state index in [2.05, 4.69) is 17.8 Å². The number of thiophene rings is 1. The van der Waals surface area contributed by atoms with E-state index >= 15 is 0 Å².